The molecule has 2 aromatic carbocycles. The number of carbonyl (C=O) groups is 3. The first kappa shape index (κ1) is 21.7. The van der Waals surface area contributed by atoms with Crippen molar-refractivity contribution < 1.29 is 19.1 Å². The Balaban J connectivity index is 1.25. The summed E-state index contributed by atoms with van der Waals surface area (Å²) in [6.07, 6.45) is 2.41. The molecule has 3 aromatic rings. The number of rotatable bonds is 8. The molecular formula is C24H23N3O4S. The summed E-state index contributed by atoms with van der Waals surface area (Å²) in [5, 5.41) is 3.55. The smallest absolute Gasteiger partial charge is 0.293 e. The normalized spacial score (nSPS) is 15.0. The molecule has 1 aliphatic rings. The number of imide groups is 1. The van der Waals surface area contributed by atoms with E-state index in [-0.39, 0.29) is 30.0 Å². The molecule has 164 valence electrons. The van der Waals surface area contributed by atoms with Crippen LogP contribution in [0.5, 0.6) is 5.75 Å². The lowest BCUT2D eigenvalue weighted by Crippen LogP contribution is -2.34. The third-order valence-corrected chi connectivity index (χ3v) is 6.04. The summed E-state index contributed by atoms with van der Waals surface area (Å²) in [5.74, 6) is 0.237. The summed E-state index contributed by atoms with van der Waals surface area (Å²) in [6.45, 7) is 0.521. The lowest BCUT2D eigenvalue weighted by atomic mass is 10.2. The molecule has 0 spiro atoms. The second-order valence-corrected chi connectivity index (χ2v) is 8.33. The van der Waals surface area contributed by atoms with Gasteiger partial charge < -0.3 is 15.0 Å². The van der Waals surface area contributed by atoms with E-state index in [0.717, 1.165) is 44.6 Å². The standard InChI is InChI=1S/C24H23N3O4S/c1-31-19-7-8-20-17(15-19)14-18(26-20)9-11-25-22(28)10-12-27-23(29)21(32-24(27)30)13-16-5-3-2-4-6-16/h2-8,13-15,26H,9-12H2,1H3,(H,25,28). The molecule has 3 amide bonds. The Bertz CT molecular complexity index is 1190. The van der Waals surface area contributed by atoms with E-state index in [0.29, 0.717) is 17.9 Å². The Morgan fingerprint density at radius 1 is 1.16 bits per heavy atom. The van der Waals surface area contributed by atoms with Gasteiger partial charge in [-0.25, -0.2) is 0 Å². The van der Waals surface area contributed by atoms with Crippen LogP contribution in [0.3, 0.4) is 0 Å². The van der Waals surface area contributed by atoms with Gasteiger partial charge in [-0.3, -0.25) is 19.3 Å². The number of amides is 3. The van der Waals surface area contributed by atoms with Gasteiger partial charge in [-0.05, 0) is 47.7 Å². The van der Waals surface area contributed by atoms with Crippen LogP contribution in [0.25, 0.3) is 17.0 Å². The molecule has 1 saturated heterocycles. The highest BCUT2D eigenvalue weighted by molar-refractivity contribution is 8.18. The van der Waals surface area contributed by atoms with E-state index >= 15 is 0 Å². The van der Waals surface area contributed by atoms with E-state index in [2.05, 4.69) is 10.3 Å². The van der Waals surface area contributed by atoms with E-state index in [1.807, 2.05) is 54.6 Å². The Hall–Kier alpha value is -3.52. The third-order valence-electron chi connectivity index (χ3n) is 5.13. The van der Waals surface area contributed by atoms with E-state index < -0.39 is 0 Å². The van der Waals surface area contributed by atoms with Crippen LogP contribution in [-0.4, -0.2) is 47.1 Å². The molecule has 8 heteroatoms. The number of carbonyl (C=O) groups excluding carboxylic acids is 3. The maximum absolute atomic E-state index is 12.5. The molecule has 1 aromatic heterocycles. The van der Waals surface area contributed by atoms with Gasteiger partial charge in [-0.2, -0.15) is 0 Å². The molecular weight excluding hydrogens is 426 g/mol. The van der Waals surface area contributed by atoms with E-state index in [9.17, 15) is 14.4 Å². The number of fused-ring (bicyclic) bond motifs is 1. The SMILES string of the molecule is COc1ccc2[nH]c(CCNC(=O)CCN3C(=O)SC(=Cc4ccccc4)C3=O)cc2c1. The van der Waals surface area contributed by atoms with Crippen molar-refractivity contribution in [2.75, 3.05) is 20.2 Å². The van der Waals surface area contributed by atoms with Gasteiger partial charge in [-0.15, -0.1) is 0 Å². The fraction of sp³-hybridized carbons (Fsp3) is 0.208. The van der Waals surface area contributed by atoms with Gasteiger partial charge in [0.1, 0.15) is 5.75 Å². The zero-order valence-corrected chi connectivity index (χ0v) is 18.4. The number of benzene rings is 2. The van der Waals surface area contributed by atoms with Crippen LogP contribution >= 0.6 is 11.8 Å². The summed E-state index contributed by atoms with van der Waals surface area (Å²) < 4.78 is 5.24. The number of hydrogen-bond acceptors (Lipinski definition) is 5. The van der Waals surface area contributed by atoms with Crippen LogP contribution in [0.2, 0.25) is 0 Å². The van der Waals surface area contributed by atoms with Crippen molar-refractivity contribution in [2.45, 2.75) is 12.8 Å². The van der Waals surface area contributed by atoms with Crippen molar-refractivity contribution in [3.63, 3.8) is 0 Å². The average Bonchev–Trinajstić information content (AvgIpc) is 3.32. The molecule has 0 aliphatic carbocycles. The highest BCUT2D eigenvalue weighted by Gasteiger charge is 2.34. The predicted molar refractivity (Wildman–Crippen MR) is 125 cm³/mol. The van der Waals surface area contributed by atoms with Crippen molar-refractivity contribution in [1.29, 1.82) is 0 Å². The Morgan fingerprint density at radius 2 is 1.97 bits per heavy atom. The highest BCUT2D eigenvalue weighted by atomic mass is 32.2. The summed E-state index contributed by atoms with van der Waals surface area (Å²) in [6, 6.07) is 17.2. The molecule has 0 radical (unpaired) electrons. The molecule has 32 heavy (non-hydrogen) atoms. The number of H-pyrrole nitrogens is 1. The van der Waals surface area contributed by atoms with Crippen molar-refractivity contribution in [1.82, 2.24) is 15.2 Å². The van der Waals surface area contributed by atoms with Crippen molar-refractivity contribution in [3.05, 3.63) is 70.8 Å². The first-order valence-corrected chi connectivity index (χ1v) is 11.1. The van der Waals surface area contributed by atoms with Crippen molar-refractivity contribution in [3.8, 4) is 5.75 Å². The molecule has 1 aliphatic heterocycles. The van der Waals surface area contributed by atoms with E-state index in [4.69, 9.17) is 4.74 Å². The number of aromatic nitrogens is 1. The number of nitrogens with one attached hydrogen (secondary N) is 2. The number of nitrogens with zero attached hydrogens (tertiary/aromatic N) is 1. The van der Waals surface area contributed by atoms with E-state index in [1.54, 1.807) is 13.2 Å². The zero-order chi connectivity index (χ0) is 22.5. The van der Waals surface area contributed by atoms with Gasteiger partial charge in [0.05, 0.1) is 12.0 Å². The van der Waals surface area contributed by atoms with Crippen LogP contribution in [0.15, 0.2) is 59.5 Å². The number of aromatic amines is 1. The maximum Gasteiger partial charge on any atom is 0.293 e. The maximum atomic E-state index is 12.5. The average molecular weight is 450 g/mol. The monoisotopic (exact) mass is 449 g/mol. The minimum Gasteiger partial charge on any atom is -0.497 e. The van der Waals surface area contributed by atoms with Crippen molar-refractivity contribution in [2.24, 2.45) is 0 Å². The second kappa shape index (κ2) is 9.74. The fourth-order valence-corrected chi connectivity index (χ4v) is 4.33. The van der Waals surface area contributed by atoms with Crippen LogP contribution < -0.4 is 10.1 Å². The summed E-state index contributed by atoms with van der Waals surface area (Å²) in [4.78, 5) is 41.8. The molecule has 0 bridgehead atoms. The Morgan fingerprint density at radius 3 is 2.75 bits per heavy atom. The van der Waals surface area contributed by atoms with E-state index in [1.165, 1.54) is 0 Å². The number of methoxy groups -OCH3 is 1. The topological polar surface area (TPSA) is 91.5 Å². The minimum absolute atomic E-state index is 0.0643. The van der Waals surface area contributed by atoms with Crippen LogP contribution in [0, 0.1) is 0 Å². The Labute approximate surface area is 189 Å². The predicted octanol–water partition coefficient (Wildman–Crippen LogP) is 3.96. The Kier molecular flexibility index (Phi) is 6.61. The van der Waals surface area contributed by atoms with Gasteiger partial charge in [0.25, 0.3) is 11.1 Å². The first-order valence-electron chi connectivity index (χ1n) is 10.3. The molecule has 4 rings (SSSR count). The third kappa shape index (κ3) is 5.03. The molecule has 0 unspecified atom stereocenters. The van der Waals surface area contributed by atoms with Gasteiger partial charge in [0, 0.05) is 42.5 Å². The largest absolute Gasteiger partial charge is 0.497 e. The number of ether oxygens (including phenoxy) is 1. The first-order chi connectivity index (χ1) is 15.5. The summed E-state index contributed by atoms with van der Waals surface area (Å²) in [7, 11) is 1.63. The minimum atomic E-state index is -0.356. The number of thioether (sulfide) groups is 1. The quantitative estimate of drug-likeness (QED) is 0.508. The molecule has 2 N–H and O–H groups in total. The van der Waals surface area contributed by atoms with Gasteiger partial charge in [-0.1, -0.05) is 30.3 Å². The van der Waals surface area contributed by atoms with Crippen LogP contribution in [0.4, 0.5) is 4.79 Å². The zero-order valence-electron chi connectivity index (χ0n) is 17.6. The molecule has 7 nitrogen and oxygen atoms in total. The summed E-state index contributed by atoms with van der Waals surface area (Å²) >= 11 is 0.902. The second-order valence-electron chi connectivity index (χ2n) is 7.34. The fourth-order valence-electron chi connectivity index (χ4n) is 3.46. The lowest BCUT2D eigenvalue weighted by molar-refractivity contribution is -0.124. The molecule has 1 fully saturated rings. The van der Waals surface area contributed by atoms with Crippen LogP contribution in [-0.2, 0) is 16.0 Å². The number of hydrogen-bond donors (Lipinski definition) is 2. The van der Waals surface area contributed by atoms with Crippen LogP contribution in [0.1, 0.15) is 17.7 Å². The highest BCUT2D eigenvalue weighted by Crippen LogP contribution is 2.32. The van der Waals surface area contributed by atoms with Crippen molar-refractivity contribution >= 4 is 45.8 Å². The van der Waals surface area contributed by atoms with Gasteiger partial charge in [0.15, 0.2) is 0 Å². The van der Waals surface area contributed by atoms with Gasteiger partial charge in [0.2, 0.25) is 5.91 Å². The van der Waals surface area contributed by atoms with Gasteiger partial charge >= 0.3 is 0 Å². The molecule has 2 heterocycles. The molecule has 0 saturated carbocycles. The lowest BCUT2D eigenvalue weighted by Gasteiger charge is -2.12. The summed E-state index contributed by atoms with van der Waals surface area (Å²) in [5.41, 5.74) is 2.87. The molecule has 0 atom stereocenters.